The van der Waals surface area contributed by atoms with Crippen molar-refractivity contribution < 1.29 is 89.4 Å². The Balaban J connectivity index is 1.50. The summed E-state index contributed by atoms with van der Waals surface area (Å²) in [5, 5.41) is 119. The summed E-state index contributed by atoms with van der Waals surface area (Å²) in [6.45, 7) is 1.69. The van der Waals surface area contributed by atoms with E-state index in [4.69, 9.17) is 28.4 Å². The van der Waals surface area contributed by atoms with E-state index < -0.39 is 124 Å². The second kappa shape index (κ2) is 34.2. The summed E-state index contributed by atoms with van der Waals surface area (Å²) in [6.07, 6.45) is -0.263. The summed E-state index contributed by atoms with van der Waals surface area (Å²) in [5.74, 6) is -0.247. The van der Waals surface area contributed by atoms with Crippen LogP contribution >= 0.6 is 0 Å². The van der Waals surface area contributed by atoms with Gasteiger partial charge in [0.15, 0.2) is 18.9 Å². The Bertz CT molecular complexity index is 1250. The zero-order valence-electron chi connectivity index (χ0n) is 40.4. The molecule has 17 unspecified atom stereocenters. The summed E-state index contributed by atoms with van der Waals surface area (Å²) in [5.41, 5.74) is 0. The van der Waals surface area contributed by atoms with Crippen LogP contribution in [0.3, 0.4) is 0 Å². The largest absolute Gasteiger partial charge is 0.394 e. The molecule has 0 aromatic heterocycles. The summed E-state index contributed by atoms with van der Waals surface area (Å²) in [7, 11) is 0. The van der Waals surface area contributed by atoms with Crippen molar-refractivity contribution in [2.24, 2.45) is 0 Å². The summed E-state index contributed by atoms with van der Waals surface area (Å²) >= 11 is 0. The molecule has 3 rings (SSSR count). The van der Waals surface area contributed by atoms with Gasteiger partial charge in [0.2, 0.25) is 5.91 Å². The van der Waals surface area contributed by atoms with Crippen LogP contribution in [-0.2, 0) is 33.2 Å². The average Bonchev–Trinajstić information content (AvgIpc) is 3.32. The number of carbonyl (C=O) groups excluding carboxylic acids is 1. The van der Waals surface area contributed by atoms with Gasteiger partial charge in [-0.1, -0.05) is 149 Å². The van der Waals surface area contributed by atoms with Gasteiger partial charge in [-0.05, 0) is 12.8 Å². The molecule has 12 N–H and O–H groups in total. The van der Waals surface area contributed by atoms with Crippen molar-refractivity contribution in [2.45, 2.75) is 272 Å². The van der Waals surface area contributed by atoms with E-state index in [1.165, 1.54) is 77.0 Å². The average molecular weight is 970 g/mol. The molecule has 1 amide bonds. The molecule has 3 fully saturated rings. The minimum Gasteiger partial charge on any atom is -0.394 e. The Kier molecular flexibility index (Phi) is 30.7. The van der Waals surface area contributed by atoms with E-state index in [0.717, 1.165) is 57.8 Å². The number of amides is 1. The van der Waals surface area contributed by atoms with Gasteiger partial charge >= 0.3 is 0 Å². The molecule has 396 valence electrons. The number of hydrogen-bond donors (Lipinski definition) is 12. The van der Waals surface area contributed by atoms with Crippen LogP contribution in [0.4, 0.5) is 0 Å². The predicted molar refractivity (Wildman–Crippen MR) is 245 cm³/mol. The third-order valence-electron chi connectivity index (χ3n) is 13.4. The first-order chi connectivity index (χ1) is 32.3. The number of nitrogens with one attached hydrogen (secondary N) is 1. The maximum atomic E-state index is 13.2. The van der Waals surface area contributed by atoms with Crippen LogP contribution in [0, 0.1) is 0 Å². The summed E-state index contributed by atoms with van der Waals surface area (Å²) < 4.78 is 34.1. The summed E-state index contributed by atoms with van der Waals surface area (Å²) in [6, 6.07) is -0.875. The molecule has 17 atom stereocenters. The molecule has 3 aliphatic heterocycles. The van der Waals surface area contributed by atoms with E-state index in [2.05, 4.69) is 19.2 Å². The van der Waals surface area contributed by atoms with Gasteiger partial charge in [0.1, 0.15) is 73.2 Å². The molecule has 0 spiro atoms. The van der Waals surface area contributed by atoms with E-state index in [-0.39, 0.29) is 18.9 Å². The standard InChI is InChI=1S/C48H91NO18/c1-3-5-7-9-11-12-13-14-15-16-17-18-19-20-22-24-26-36(54)49-31(32(53)25-23-21-10-8-6-4-2)30-62-46-42(60)39(57)44(34(28-51)64-46)67-48-43(61)40(58)45(35(29-52)65-48)66-47-41(59)38(56)37(55)33(27-50)63-47/h31-35,37-48,50-53,55-61H,3-30H2,1-2H3,(H,49,54). The van der Waals surface area contributed by atoms with Gasteiger partial charge in [-0.3, -0.25) is 4.79 Å². The summed E-state index contributed by atoms with van der Waals surface area (Å²) in [4.78, 5) is 13.2. The molecule has 3 heterocycles. The molecule has 0 bridgehead atoms. The number of aliphatic hydroxyl groups is 11. The second-order valence-electron chi connectivity index (χ2n) is 19.0. The molecule has 0 saturated carbocycles. The van der Waals surface area contributed by atoms with Crippen LogP contribution in [0.5, 0.6) is 0 Å². The molecule has 19 nitrogen and oxygen atoms in total. The van der Waals surface area contributed by atoms with Crippen molar-refractivity contribution in [1.29, 1.82) is 0 Å². The van der Waals surface area contributed by atoms with Crippen molar-refractivity contribution in [3.05, 3.63) is 0 Å². The quantitative estimate of drug-likeness (QED) is 0.0398. The smallest absolute Gasteiger partial charge is 0.220 e. The van der Waals surface area contributed by atoms with Crippen LogP contribution < -0.4 is 5.32 Å². The molecule has 3 aliphatic rings. The van der Waals surface area contributed by atoms with Crippen LogP contribution in [0.25, 0.3) is 0 Å². The highest BCUT2D eigenvalue weighted by Crippen LogP contribution is 2.33. The maximum absolute atomic E-state index is 13.2. The van der Waals surface area contributed by atoms with Crippen LogP contribution in [-0.4, -0.2) is 193 Å². The van der Waals surface area contributed by atoms with Gasteiger partial charge in [-0.2, -0.15) is 0 Å². The Labute approximate surface area is 398 Å². The molecular formula is C48H91NO18. The van der Waals surface area contributed by atoms with E-state index in [0.29, 0.717) is 12.8 Å². The Hall–Kier alpha value is -1.21. The van der Waals surface area contributed by atoms with Crippen molar-refractivity contribution in [2.75, 3.05) is 26.4 Å². The number of ether oxygens (including phenoxy) is 6. The van der Waals surface area contributed by atoms with E-state index in [1.807, 2.05) is 0 Å². The minimum atomic E-state index is -1.97. The van der Waals surface area contributed by atoms with Gasteiger partial charge < -0.3 is 89.9 Å². The normalized spacial score (nSPS) is 33.4. The van der Waals surface area contributed by atoms with Gasteiger partial charge in [-0.25, -0.2) is 0 Å². The second-order valence-corrected chi connectivity index (χ2v) is 19.0. The number of aliphatic hydroxyl groups excluding tert-OH is 11. The lowest BCUT2D eigenvalue weighted by Crippen LogP contribution is -2.66. The Morgan fingerprint density at radius 1 is 0.478 bits per heavy atom. The van der Waals surface area contributed by atoms with Gasteiger partial charge in [0, 0.05) is 6.42 Å². The maximum Gasteiger partial charge on any atom is 0.220 e. The number of hydrogen-bond acceptors (Lipinski definition) is 18. The van der Waals surface area contributed by atoms with Crippen molar-refractivity contribution in [3.8, 4) is 0 Å². The zero-order valence-corrected chi connectivity index (χ0v) is 40.4. The Morgan fingerprint density at radius 3 is 1.30 bits per heavy atom. The topological polar surface area (TPSA) is 307 Å². The molecular weight excluding hydrogens is 879 g/mol. The highest BCUT2D eigenvalue weighted by atomic mass is 16.8. The lowest BCUT2D eigenvalue weighted by Gasteiger charge is -2.48. The van der Waals surface area contributed by atoms with Gasteiger partial charge in [0.05, 0.1) is 38.6 Å². The first-order valence-corrected chi connectivity index (χ1v) is 25.8. The van der Waals surface area contributed by atoms with E-state index in [9.17, 15) is 61.0 Å². The first-order valence-electron chi connectivity index (χ1n) is 25.8. The van der Waals surface area contributed by atoms with Crippen LogP contribution in [0.15, 0.2) is 0 Å². The number of carbonyl (C=O) groups is 1. The molecule has 0 radical (unpaired) electrons. The highest BCUT2D eigenvalue weighted by Gasteiger charge is 2.53. The molecule has 67 heavy (non-hydrogen) atoms. The van der Waals surface area contributed by atoms with Crippen molar-refractivity contribution >= 4 is 5.91 Å². The molecule has 0 aliphatic carbocycles. The van der Waals surface area contributed by atoms with Gasteiger partial charge in [0.25, 0.3) is 0 Å². The Morgan fingerprint density at radius 2 is 0.851 bits per heavy atom. The fraction of sp³-hybridized carbons (Fsp3) is 0.979. The lowest BCUT2D eigenvalue weighted by atomic mass is 9.96. The van der Waals surface area contributed by atoms with Crippen LogP contribution in [0.2, 0.25) is 0 Å². The molecule has 19 heteroatoms. The first kappa shape index (κ1) is 60.1. The van der Waals surface area contributed by atoms with Crippen molar-refractivity contribution in [1.82, 2.24) is 5.32 Å². The van der Waals surface area contributed by atoms with E-state index in [1.54, 1.807) is 0 Å². The third kappa shape index (κ3) is 20.4. The number of unbranched alkanes of at least 4 members (excludes halogenated alkanes) is 20. The molecule has 3 saturated heterocycles. The lowest BCUT2D eigenvalue weighted by molar-refractivity contribution is -0.379. The SMILES string of the molecule is CCCCCCCCCCCCCCCCCCC(=O)NC(COC1OC(CO)C(OC2OC(CO)C(OC3OC(CO)C(O)C(O)C3O)C(O)C2O)C(O)C1O)C(O)CCCCCCCC. The zero-order chi connectivity index (χ0) is 49.1. The monoisotopic (exact) mass is 970 g/mol. The minimum absolute atomic E-state index is 0.247. The third-order valence-corrected chi connectivity index (χ3v) is 13.4. The van der Waals surface area contributed by atoms with Gasteiger partial charge in [-0.15, -0.1) is 0 Å². The number of rotatable bonds is 36. The molecule has 0 aromatic rings. The van der Waals surface area contributed by atoms with Crippen molar-refractivity contribution in [3.63, 3.8) is 0 Å². The van der Waals surface area contributed by atoms with Crippen LogP contribution in [0.1, 0.15) is 168 Å². The highest BCUT2D eigenvalue weighted by molar-refractivity contribution is 5.76. The van der Waals surface area contributed by atoms with E-state index >= 15 is 0 Å². The fourth-order valence-corrected chi connectivity index (χ4v) is 9.08. The molecule has 0 aromatic carbocycles. The fourth-order valence-electron chi connectivity index (χ4n) is 9.08. The predicted octanol–water partition coefficient (Wildman–Crippen LogP) is 1.70.